The molecule has 2 aromatic heterocycles. The molecule has 26 heavy (non-hydrogen) atoms. The van der Waals surface area contributed by atoms with Gasteiger partial charge < -0.3 is 9.84 Å². The summed E-state index contributed by atoms with van der Waals surface area (Å²) in [4.78, 5) is 22.1. The molecule has 1 aliphatic heterocycles. The van der Waals surface area contributed by atoms with Gasteiger partial charge in [-0.1, -0.05) is 29.4 Å². The van der Waals surface area contributed by atoms with Crippen molar-refractivity contribution in [3.8, 4) is 11.5 Å². The highest BCUT2D eigenvalue weighted by Crippen LogP contribution is 2.35. The van der Waals surface area contributed by atoms with Gasteiger partial charge >= 0.3 is 0 Å². The third-order valence-corrected chi connectivity index (χ3v) is 5.34. The van der Waals surface area contributed by atoms with E-state index in [0.29, 0.717) is 30.3 Å². The number of thioether (sulfide) groups is 1. The summed E-state index contributed by atoms with van der Waals surface area (Å²) < 4.78 is 5.23. The molecule has 0 unspecified atom stereocenters. The number of aryl methyl sites for hydroxylation is 1. The fraction of sp³-hybridized carbons (Fsp3) is 0.263. The van der Waals surface area contributed by atoms with Crippen molar-refractivity contribution in [3.05, 3.63) is 60.1 Å². The Morgan fingerprint density at radius 2 is 2.12 bits per heavy atom. The zero-order chi connectivity index (χ0) is 17.8. The number of carbonyl (C=O) groups excluding carboxylic acids is 1. The minimum absolute atomic E-state index is 0.00529. The molecule has 6 nitrogen and oxygen atoms in total. The number of hydrogen-bond acceptors (Lipinski definition) is 6. The maximum Gasteiger partial charge on any atom is 0.227 e. The number of aromatic nitrogens is 3. The number of benzene rings is 1. The van der Waals surface area contributed by atoms with E-state index in [-0.39, 0.29) is 11.9 Å². The summed E-state index contributed by atoms with van der Waals surface area (Å²) in [5.74, 6) is 1.90. The fourth-order valence-electron chi connectivity index (χ4n) is 2.93. The van der Waals surface area contributed by atoms with E-state index in [2.05, 4.69) is 32.6 Å². The molecule has 0 saturated heterocycles. The Morgan fingerprint density at radius 3 is 3.00 bits per heavy atom. The van der Waals surface area contributed by atoms with Crippen LogP contribution in [0, 0.1) is 0 Å². The second-order valence-corrected chi connectivity index (χ2v) is 7.16. The standard InChI is InChI=1S/C19H18N4O2S/c24-17(21-14-10-12-26-16-7-2-1-5-13(14)16)8-9-18-22-19(23-25-18)15-6-3-4-11-20-15/h1-7,11,14H,8-10,12H2,(H,21,24)/t14-/m0/s1. The summed E-state index contributed by atoms with van der Waals surface area (Å²) in [5, 5.41) is 7.06. The maximum absolute atomic E-state index is 12.4. The molecule has 7 heteroatoms. The van der Waals surface area contributed by atoms with Gasteiger partial charge in [0.05, 0.1) is 6.04 Å². The molecule has 0 saturated carbocycles. The van der Waals surface area contributed by atoms with Crippen LogP contribution in [-0.2, 0) is 11.2 Å². The lowest BCUT2D eigenvalue weighted by Gasteiger charge is -2.25. The van der Waals surface area contributed by atoms with Crippen LogP contribution in [0.1, 0.15) is 30.3 Å². The molecule has 0 spiro atoms. The normalized spacial score (nSPS) is 16.1. The molecular weight excluding hydrogens is 348 g/mol. The van der Waals surface area contributed by atoms with Gasteiger partial charge in [0.2, 0.25) is 17.6 Å². The molecule has 0 radical (unpaired) electrons. The van der Waals surface area contributed by atoms with Gasteiger partial charge in [-0.25, -0.2) is 0 Å². The molecule has 1 atom stereocenters. The highest BCUT2D eigenvalue weighted by atomic mass is 32.2. The fourth-order valence-corrected chi connectivity index (χ4v) is 4.06. The number of carbonyl (C=O) groups is 1. The third kappa shape index (κ3) is 3.77. The zero-order valence-electron chi connectivity index (χ0n) is 14.1. The van der Waals surface area contributed by atoms with Gasteiger partial charge in [-0.3, -0.25) is 9.78 Å². The van der Waals surface area contributed by atoms with Crippen LogP contribution in [0.25, 0.3) is 11.5 Å². The lowest BCUT2D eigenvalue weighted by atomic mass is 10.0. The average molecular weight is 366 g/mol. The number of nitrogens with one attached hydrogen (secondary N) is 1. The number of fused-ring (bicyclic) bond motifs is 1. The first-order chi connectivity index (χ1) is 12.8. The van der Waals surface area contributed by atoms with Crippen LogP contribution in [-0.4, -0.2) is 26.8 Å². The molecule has 3 heterocycles. The van der Waals surface area contributed by atoms with E-state index in [1.807, 2.05) is 42.1 Å². The van der Waals surface area contributed by atoms with Crippen molar-refractivity contribution in [1.82, 2.24) is 20.4 Å². The molecule has 132 valence electrons. The Balaban J connectivity index is 1.35. The monoisotopic (exact) mass is 366 g/mol. The number of pyridine rings is 1. The molecule has 1 aliphatic rings. The van der Waals surface area contributed by atoms with Crippen LogP contribution in [0.4, 0.5) is 0 Å². The first-order valence-electron chi connectivity index (χ1n) is 8.54. The van der Waals surface area contributed by atoms with Crippen molar-refractivity contribution >= 4 is 17.7 Å². The van der Waals surface area contributed by atoms with E-state index < -0.39 is 0 Å². The average Bonchev–Trinajstić information content (AvgIpc) is 3.17. The van der Waals surface area contributed by atoms with Crippen molar-refractivity contribution in [2.24, 2.45) is 0 Å². The Kier molecular flexibility index (Phi) is 4.97. The highest BCUT2D eigenvalue weighted by Gasteiger charge is 2.22. The van der Waals surface area contributed by atoms with Crippen LogP contribution in [0.5, 0.6) is 0 Å². The maximum atomic E-state index is 12.4. The first-order valence-corrected chi connectivity index (χ1v) is 9.53. The van der Waals surface area contributed by atoms with E-state index in [1.165, 1.54) is 10.5 Å². The van der Waals surface area contributed by atoms with Crippen molar-refractivity contribution in [1.29, 1.82) is 0 Å². The van der Waals surface area contributed by atoms with Gasteiger partial charge in [0.1, 0.15) is 5.69 Å². The SMILES string of the molecule is O=C(CCc1nc(-c2ccccn2)no1)N[C@H]1CCSc2ccccc21. The second kappa shape index (κ2) is 7.70. The van der Waals surface area contributed by atoms with Crippen molar-refractivity contribution < 1.29 is 9.32 Å². The van der Waals surface area contributed by atoms with Crippen LogP contribution < -0.4 is 5.32 Å². The van der Waals surface area contributed by atoms with E-state index in [0.717, 1.165) is 12.2 Å². The van der Waals surface area contributed by atoms with Crippen molar-refractivity contribution in [2.45, 2.75) is 30.2 Å². The van der Waals surface area contributed by atoms with Crippen LogP contribution in [0.3, 0.4) is 0 Å². The molecule has 1 aromatic carbocycles. The molecule has 1 N–H and O–H groups in total. The molecule has 0 fully saturated rings. The summed E-state index contributed by atoms with van der Waals surface area (Å²) in [6, 6.07) is 13.8. The van der Waals surface area contributed by atoms with Crippen molar-refractivity contribution in [2.75, 3.05) is 5.75 Å². The number of amides is 1. The number of hydrogen-bond donors (Lipinski definition) is 1. The molecule has 0 bridgehead atoms. The third-order valence-electron chi connectivity index (χ3n) is 4.22. The summed E-state index contributed by atoms with van der Waals surface area (Å²) in [6.45, 7) is 0. The minimum Gasteiger partial charge on any atom is -0.349 e. The lowest BCUT2D eigenvalue weighted by molar-refractivity contribution is -0.121. The first kappa shape index (κ1) is 16.8. The van der Waals surface area contributed by atoms with E-state index in [1.54, 1.807) is 6.20 Å². The molecule has 3 aromatic rings. The summed E-state index contributed by atoms with van der Waals surface area (Å²) in [6.07, 6.45) is 3.35. The Hall–Kier alpha value is -2.67. The number of rotatable bonds is 5. The van der Waals surface area contributed by atoms with Crippen LogP contribution >= 0.6 is 11.8 Å². The second-order valence-electron chi connectivity index (χ2n) is 6.02. The Bertz CT molecular complexity index is 897. The largest absolute Gasteiger partial charge is 0.349 e. The van der Waals surface area contributed by atoms with Gasteiger partial charge in [-0.05, 0) is 30.2 Å². The Morgan fingerprint density at radius 1 is 1.23 bits per heavy atom. The van der Waals surface area contributed by atoms with Gasteiger partial charge in [0.15, 0.2) is 0 Å². The van der Waals surface area contributed by atoms with E-state index in [9.17, 15) is 4.79 Å². The minimum atomic E-state index is -0.00529. The van der Waals surface area contributed by atoms with Gasteiger partial charge in [0, 0.05) is 29.7 Å². The molecular formula is C19H18N4O2S. The lowest BCUT2D eigenvalue weighted by Crippen LogP contribution is -2.30. The number of nitrogens with zero attached hydrogens (tertiary/aromatic N) is 3. The smallest absolute Gasteiger partial charge is 0.227 e. The van der Waals surface area contributed by atoms with Crippen LogP contribution in [0.15, 0.2) is 58.1 Å². The Labute approximate surface area is 155 Å². The summed E-state index contributed by atoms with van der Waals surface area (Å²) in [7, 11) is 0. The van der Waals surface area contributed by atoms with E-state index >= 15 is 0 Å². The van der Waals surface area contributed by atoms with E-state index in [4.69, 9.17) is 4.52 Å². The highest BCUT2D eigenvalue weighted by molar-refractivity contribution is 7.99. The van der Waals surface area contributed by atoms with Gasteiger partial charge in [-0.2, -0.15) is 4.98 Å². The molecule has 0 aliphatic carbocycles. The summed E-state index contributed by atoms with van der Waals surface area (Å²) >= 11 is 1.84. The molecule has 1 amide bonds. The van der Waals surface area contributed by atoms with Crippen LogP contribution in [0.2, 0.25) is 0 Å². The molecule has 4 rings (SSSR count). The summed E-state index contributed by atoms with van der Waals surface area (Å²) in [5.41, 5.74) is 1.86. The van der Waals surface area contributed by atoms with Crippen molar-refractivity contribution in [3.63, 3.8) is 0 Å². The predicted molar refractivity (Wildman–Crippen MR) is 98.5 cm³/mol. The topological polar surface area (TPSA) is 80.9 Å². The quantitative estimate of drug-likeness (QED) is 0.745. The van der Waals surface area contributed by atoms with Gasteiger partial charge in [0.25, 0.3) is 0 Å². The predicted octanol–water partition coefficient (Wildman–Crippen LogP) is 3.42. The van der Waals surface area contributed by atoms with Gasteiger partial charge in [-0.15, -0.1) is 11.8 Å². The zero-order valence-corrected chi connectivity index (χ0v) is 14.9.